The third kappa shape index (κ3) is 4.94. The van der Waals surface area contributed by atoms with Crippen LogP contribution in [0.4, 0.5) is 5.69 Å². The van der Waals surface area contributed by atoms with Crippen molar-refractivity contribution in [2.45, 2.75) is 13.8 Å². The van der Waals surface area contributed by atoms with Crippen molar-refractivity contribution in [3.05, 3.63) is 53.3 Å². The van der Waals surface area contributed by atoms with E-state index in [2.05, 4.69) is 10.6 Å². The van der Waals surface area contributed by atoms with Crippen LogP contribution in [0, 0.1) is 13.8 Å². The van der Waals surface area contributed by atoms with E-state index in [9.17, 15) is 14.4 Å². The number of hydrogen-bond acceptors (Lipinski definition) is 4. The standard InChI is InChI=1S/C18H21N3O4/c1-12-6-4-7-14(13(12)2)20-16(22)10-19-17(23)11-25-18(24)15-8-5-9-21(15)3/h4-9H,10-11H2,1-3H3,(H,19,23)(H,20,22). The van der Waals surface area contributed by atoms with E-state index < -0.39 is 18.5 Å². The Bertz CT molecular complexity index is 795. The summed E-state index contributed by atoms with van der Waals surface area (Å²) in [4.78, 5) is 35.4. The minimum Gasteiger partial charge on any atom is -0.451 e. The predicted octanol–water partition coefficient (Wildman–Crippen LogP) is 1.55. The van der Waals surface area contributed by atoms with Crippen LogP contribution in [0.15, 0.2) is 36.5 Å². The van der Waals surface area contributed by atoms with E-state index in [0.717, 1.165) is 11.1 Å². The van der Waals surface area contributed by atoms with Crippen LogP contribution in [0.1, 0.15) is 21.6 Å². The summed E-state index contributed by atoms with van der Waals surface area (Å²) >= 11 is 0. The minimum absolute atomic E-state index is 0.200. The quantitative estimate of drug-likeness (QED) is 0.779. The first-order valence-corrected chi connectivity index (χ1v) is 7.79. The Balaban J connectivity index is 1.76. The monoisotopic (exact) mass is 343 g/mol. The fourth-order valence-electron chi connectivity index (χ4n) is 2.19. The summed E-state index contributed by atoms with van der Waals surface area (Å²) in [5.41, 5.74) is 3.09. The Labute approximate surface area is 146 Å². The third-order valence-electron chi connectivity index (χ3n) is 3.81. The maximum atomic E-state index is 11.9. The van der Waals surface area contributed by atoms with Crippen molar-refractivity contribution in [3.63, 3.8) is 0 Å². The van der Waals surface area contributed by atoms with Crippen LogP contribution in [0.3, 0.4) is 0 Å². The van der Waals surface area contributed by atoms with Crippen LogP contribution in [-0.4, -0.2) is 35.5 Å². The number of hydrogen-bond donors (Lipinski definition) is 2. The van der Waals surface area contributed by atoms with Gasteiger partial charge >= 0.3 is 5.97 Å². The van der Waals surface area contributed by atoms with Gasteiger partial charge in [0.2, 0.25) is 5.91 Å². The van der Waals surface area contributed by atoms with Crippen molar-refractivity contribution >= 4 is 23.5 Å². The van der Waals surface area contributed by atoms with Gasteiger partial charge in [-0.25, -0.2) is 4.79 Å². The lowest BCUT2D eigenvalue weighted by Crippen LogP contribution is -2.35. The summed E-state index contributed by atoms with van der Waals surface area (Å²) in [5.74, 6) is -1.49. The number of nitrogens with one attached hydrogen (secondary N) is 2. The normalized spacial score (nSPS) is 10.2. The van der Waals surface area contributed by atoms with E-state index in [1.807, 2.05) is 26.0 Å². The number of nitrogens with zero attached hydrogens (tertiary/aromatic N) is 1. The lowest BCUT2D eigenvalue weighted by Gasteiger charge is -2.11. The Morgan fingerprint density at radius 1 is 1.08 bits per heavy atom. The summed E-state index contributed by atoms with van der Waals surface area (Å²) < 4.78 is 6.51. The summed E-state index contributed by atoms with van der Waals surface area (Å²) in [6, 6.07) is 8.89. The van der Waals surface area contributed by atoms with Gasteiger partial charge in [-0.15, -0.1) is 0 Å². The fourth-order valence-corrected chi connectivity index (χ4v) is 2.19. The van der Waals surface area contributed by atoms with Gasteiger partial charge in [-0.05, 0) is 43.2 Å². The van der Waals surface area contributed by atoms with Gasteiger partial charge in [-0.3, -0.25) is 9.59 Å². The van der Waals surface area contributed by atoms with Crippen molar-refractivity contribution < 1.29 is 19.1 Å². The van der Waals surface area contributed by atoms with Crippen LogP contribution < -0.4 is 10.6 Å². The molecule has 0 saturated carbocycles. The van der Waals surface area contributed by atoms with Gasteiger partial charge in [-0.1, -0.05) is 12.1 Å². The molecule has 7 heteroatoms. The highest BCUT2D eigenvalue weighted by atomic mass is 16.5. The molecule has 1 aromatic heterocycles. The second kappa shape index (κ2) is 8.14. The molecule has 0 aliphatic heterocycles. The van der Waals surface area contributed by atoms with Crippen LogP contribution in [-0.2, 0) is 21.4 Å². The molecular formula is C18H21N3O4. The first kappa shape index (κ1) is 18.3. The molecule has 7 nitrogen and oxygen atoms in total. The Hall–Kier alpha value is -3.09. The van der Waals surface area contributed by atoms with Gasteiger partial charge in [0.15, 0.2) is 6.61 Å². The average Bonchev–Trinajstić information content (AvgIpc) is 3.01. The lowest BCUT2D eigenvalue weighted by molar-refractivity contribution is -0.126. The molecule has 1 heterocycles. The molecule has 0 fully saturated rings. The minimum atomic E-state index is -0.595. The molecule has 0 atom stereocenters. The number of carbonyl (C=O) groups is 3. The molecule has 0 bridgehead atoms. The smallest absolute Gasteiger partial charge is 0.355 e. The van der Waals surface area contributed by atoms with Gasteiger partial charge in [0, 0.05) is 18.9 Å². The second-order valence-corrected chi connectivity index (χ2v) is 5.65. The SMILES string of the molecule is Cc1cccc(NC(=O)CNC(=O)COC(=O)c2cccn2C)c1C. The third-order valence-corrected chi connectivity index (χ3v) is 3.81. The molecule has 25 heavy (non-hydrogen) atoms. The van der Waals surface area contributed by atoms with E-state index in [4.69, 9.17) is 4.74 Å². The highest BCUT2D eigenvalue weighted by molar-refractivity contribution is 5.96. The van der Waals surface area contributed by atoms with Gasteiger partial charge in [0.25, 0.3) is 5.91 Å². The molecule has 2 amide bonds. The van der Waals surface area contributed by atoms with Crippen molar-refractivity contribution in [2.75, 3.05) is 18.5 Å². The lowest BCUT2D eigenvalue weighted by atomic mass is 10.1. The Morgan fingerprint density at radius 2 is 1.84 bits per heavy atom. The molecule has 1 aromatic carbocycles. The molecule has 2 rings (SSSR count). The van der Waals surface area contributed by atoms with Crippen LogP contribution in [0.25, 0.3) is 0 Å². The zero-order chi connectivity index (χ0) is 18.4. The summed E-state index contributed by atoms with van der Waals surface area (Å²) in [7, 11) is 1.70. The molecule has 132 valence electrons. The number of amides is 2. The summed E-state index contributed by atoms with van der Waals surface area (Å²) in [6.07, 6.45) is 1.70. The van der Waals surface area contributed by atoms with E-state index in [-0.39, 0.29) is 12.5 Å². The van der Waals surface area contributed by atoms with Gasteiger partial charge < -0.3 is 19.9 Å². The molecule has 0 radical (unpaired) electrons. The van der Waals surface area contributed by atoms with Crippen LogP contribution in [0.2, 0.25) is 0 Å². The second-order valence-electron chi connectivity index (χ2n) is 5.65. The van der Waals surface area contributed by atoms with Gasteiger partial charge in [0.05, 0.1) is 6.54 Å². The van der Waals surface area contributed by atoms with Gasteiger partial charge in [0.1, 0.15) is 5.69 Å². The van der Waals surface area contributed by atoms with Crippen LogP contribution >= 0.6 is 0 Å². The van der Waals surface area contributed by atoms with Crippen molar-refractivity contribution in [3.8, 4) is 0 Å². The number of benzene rings is 1. The van der Waals surface area contributed by atoms with E-state index in [0.29, 0.717) is 11.4 Å². The number of rotatable bonds is 6. The summed E-state index contributed by atoms with van der Waals surface area (Å²) in [5, 5.41) is 5.15. The van der Waals surface area contributed by atoms with E-state index in [1.165, 1.54) is 0 Å². The summed E-state index contributed by atoms with van der Waals surface area (Å²) in [6.45, 7) is 3.22. The highest BCUT2D eigenvalue weighted by Crippen LogP contribution is 2.17. The molecule has 0 aliphatic carbocycles. The van der Waals surface area contributed by atoms with Crippen LogP contribution in [0.5, 0.6) is 0 Å². The predicted molar refractivity (Wildman–Crippen MR) is 93.3 cm³/mol. The molecule has 0 saturated heterocycles. The van der Waals surface area contributed by atoms with E-state index in [1.54, 1.807) is 36.0 Å². The fraction of sp³-hybridized carbons (Fsp3) is 0.278. The number of ether oxygens (including phenoxy) is 1. The van der Waals surface area contributed by atoms with Crippen molar-refractivity contribution in [2.24, 2.45) is 7.05 Å². The number of aromatic nitrogens is 1. The average molecular weight is 343 g/mol. The van der Waals surface area contributed by atoms with Crippen molar-refractivity contribution in [1.82, 2.24) is 9.88 Å². The zero-order valence-corrected chi connectivity index (χ0v) is 14.5. The van der Waals surface area contributed by atoms with Gasteiger partial charge in [-0.2, -0.15) is 0 Å². The maximum absolute atomic E-state index is 11.9. The number of aryl methyl sites for hydroxylation is 2. The topological polar surface area (TPSA) is 89.4 Å². The molecule has 0 spiro atoms. The molecular weight excluding hydrogens is 322 g/mol. The Kier molecular flexibility index (Phi) is 5.94. The Morgan fingerprint density at radius 3 is 2.52 bits per heavy atom. The molecule has 2 N–H and O–H groups in total. The zero-order valence-electron chi connectivity index (χ0n) is 14.5. The molecule has 0 unspecified atom stereocenters. The first-order valence-electron chi connectivity index (χ1n) is 7.79. The largest absolute Gasteiger partial charge is 0.451 e. The number of anilines is 1. The number of carbonyl (C=O) groups excluding carboxylic acids is 3. The van der Waals surface area contributed by atoms with E-state index >= 15 is 0 Å². The molecule has 2 aromatic rings. The number of esters is 1. The molecule has 0 aliphatic rings. The maximum Gasteiger partial charge on any atom is 0.355 e. The highest BCUT2D eigenvalue weighted by Gasteiger charge is 2.13. The van der Waals surface area contributed by atoms with Crippen molar-refractivity contribution in [1.29, 1.82) is 0 Å². The first-order chi connectivity index (χ1) is 11.9.